The third kappa shape index (κ3) is 5.66. The van der Waals surface area contributed by atoms with Gasteiger partial charge in [0.25, 0.3) is 5.91 Å². The maximum absolute atomic E-state index is 12.5. The Morgan fingerprint density at radius 2 is 1.47 bits per heavy atom. The minimum absolute atomic E-state index is 0.00692. The first-order valence-corrected chi connectivity index (χ1v) is 11.7. The number of likely N-dealkylation sites (tertiary alicyclic amines) is 1. The first-order chi connectivity index (χ1) is 15.5. The molecule has 0 spiro atoms. The van der Waals surface area contributed by atoms with E-state index < -0.39 is 0 Å². The highest BCUT2D eigenvalue weighted by Crippen LogP contribution is 2.29. The lowest BCUT2D eigenvalue weighted by atomic mass is 9.89. The van der Waals surface area contributed by atoms with Crippen LogP contribution in [0.1, 0.15) is 62.5 Å². The number of aryl methyl sites for hydroxylation is 3. The predicted molar refractivity (Wildman–Crippen MR) is 132 cm³/mol. The van der Waals surface area contributed by atoms with Crippen LogP contribution in [-0.4, -0.2) is 23.9 Å². The number of benzene rings is 3. The highest BCUT2D eigenvalue weighted by Gasteiger charge is 2.20. The van der Waals surface area contributed by atoms with Gasteiger partial charge in [0.15, 0.2) is 0 Å². The fraction of sp³-hybridized carbons (Fsp3) is 0.345. The van der Waals surface area contributed by atoms with E-state index in [0.29, 0.717) is 12.5 Å². The fourth-order valence-electron chi connectivity index (χ4n) is 4.63. The summed E-state index contributed by atoms with van der Waals surface area (Å²) in [5, 5.41) is 3.06. The molecule has 1 N–H and O–H groups in total. The molecule has 1 aliphatic heterocycles. The Balaban J connectivity index is 1.26. The van der Waals surface area contributed by atoms with E-state index >= 15 is 0 Å². The molecule has 0 bridgehead atoms. The molecule has 166 valence electrons. The van der Waals surface area contributed by atoms with Crippen molar-refractivity contribution in [3.63, 3.8) is 0 Å². The third-order valence-corrected chi connectivity index (χ3v) is 6.65. The highest BCUT2D eigenvalue weighted by atomic mass is 16.1. The Morgan fingerprint density at radius 3 is 2.12 bits per heavy atom. The lowest BCUT2D eigenvalue weighted by molar-refractivity contribution is 0.0950. The van der Waals surface area contributed by atoms with Crippen LogP contribution >= 0.6 is 0 Å². The maximum Gasteiger partial charge on any atom is 0.251 e. The smallest absolute Gasteiger partial charge is 0.251 e. The van der Waals surface area contributed by atoms with E-state index in [4.69, 9.17) is 0 Å². The van der Waals surface area contributed by atoms with Crippen molar-refractivity contribution in [2.24, 2.45) is 0 Å². The molecule has 3 nitrogen and oxygen atoms in total. The van der Waals surface area contributed by atoms with E-state index in [1.807, 2.05) is 26.0 Å². The van der Waals surface area contributed by atoms with Gasteiger partial charge in [0.1, 0.15) is 0 Å². The topological polar surface area (TPSA) is 32.3 Å². The Hall–Kier alpha value is -2.91. The summed E-state index contributed by atoms with van der Waals surface area (Å²) in [6, 6.07) is 23.7. The van der Waals surface area contributed by atoms with Gasteiger partial charge in [-0.2, -0.15) is 0 Å². The number of hydrogen-bond donors (Lipinski definition) is 1. The molecule has 0 aromatic heterocycles. The van der Waals surface area contributed by atoms with Crippen molar-refractivity contribution in [3.05, 3.63) is 106 Å². The number of nitrogens with zero attached hydrogens (tertiary/aromatic N) is 1. The molecule has 3 aromatic carbocycles. The zero-order valence-corrected chi connectivity index (χ0v) is 19.5. The number of piperidine rings is 1. The third-order valence-electron chi connectivity index (χ3n) is 6.65. The predicted octanol–water partition coefficient (Wildman–Crippen LogP) is 5.92. The van der Waals surface area contributed by atoms with Crippen LogP contribution in [0.5, 0.6) is 0 Å². The normalized spacial score (nSPS) is 15.0. The molecule has 4 rings (SSSR count). The highest BCUT2D eigenvalue weighted by molar-refractivity contribution is 5.95. The molecule has 3 heteroatoms. The zero-order chi connectivity index (χ0) is 22.5. The number of rotatable bonds is 6. The molecule has 0 atom stereocenters. The van der Waals surface area contributed by atoms with Crippen LogP contribution in [0.2, 0.25) is 0 Å². The number of nitrogens with one attached hydrogen (secondary N) is 1. The second kappa shape index (κ2) is 10.1. The van der Waals surface area contributed by atoms with Crippen LogP contribution in [0.4, 0.5) is 0 Å². The summed E-state index contributed by atoms with van der Waals surface area (Å²) >= 11 is 0. The molecule has 0 aliphatic carbocycles. The number of carbonyl (C=O) groups is 1. The van der Waals surface area contributed by atoms with Crippen LogP contribution < -0.4 is 5.32 Å². The fourth-order valence-corrected chi connectivity index (χ4v) is 4.63. The van der Waals surface area contributed by atoms with Crippen molar-refractivity contribution in [2.45, 2.75) is 52.6 Å². The van der Waals surface area contributed by atoms with Gasteiger partial charge in [-0.15, -0.1) is 0 Å². The Labute approximate surface area is 192 Å². The first kappa shape index (κ1) is 22.3. The molecular formula is C29H34N2O. The van der Waals surface area contributed by atoms with Crippen molar-refractivity contribution in [3.8, 4) is 0 Å². The second-order valence-corrected chi connectivity index (χ2v) is 9.28. The SMILES string of the molecule is Cc1ccc(CN2CCC(c3ccc(CNC(=O)c4ccc(C)cc4C)cc3)CC2)cc1. The Morgan fingerprint density at radius 1 is 0.844 bits per heavy atom. The lowest BCUT2D eigenvalue weighted by Crippen LogP contribution is -2.32. The summed E-state index contributed by atoms with van der Waals surface area (Å²) in [6.07, 6.45) is 2.41. The second-order valence-electron chi connectivity index (χ2n) is 9.28. The van der Waals surface area contributed by atoms with E-state index in [9.17, 15) is 4.79 Å². The molecule has 3 aromatic rings. The van der Waals surface area contributed by atoms with Crippen LogP contribution in [0.25, 0.3) is 0 Å². The summed E-state index contributed by atoms with van der Waals surface area (Å²) in [4.78, 5) is 15.1. The summed E-state index contributed by atoms with van der Waals surface area (Å²) in [7, 11) is 0. The molecule has 1 heterocycles. The van der Waals surface area contributed by atoms with E-state index in [1.54, 1.807) is 0 Å². The van der Waals surface area contributed by atoms with Gasteiger partial charge in [0.05, 0.1) is 0 Å². The molecular weight excluding hydrogens is 392 g/mol. The molecule has 0 radical (unpaired) electrons. The van der Waals surface area contributed by atoms with Gasteiger partial charge < -0.3 is 5.32 Å². The molecule has 0 unspecified atom stereocenters. The van der Waals surface area contributed by atoms with Crippen molar-refractivity contribution in [1.29, 1.82) is 0 Å². The first-order valence-electron chi connectivity index (χ1n) is 11.7. The standard InChI is InChI=1S/C29H34N2O/c1-21-4-7-25(8-5-21)20-31-16-14-27(15-17-31)26-11-9-24(10-12-26)19-30-29(32)28-13-6-22(2)18-23(28)3/h4-13,18,27H,14-17,19-20H2,1-3H3,(H,30,32). The summed E-state index contributed by atoms with van der Waals surface area (Å²) in [6.45, 7) is 10.1. The van der Waals surface area contributed by atoms with Crippen LogP contribution in [0.15, 0.2) is 66.7 Å². The monoisotopic (exact) mass is 426 g/mol. The zero-order valence-electron chi connectivity index (χ0n) is 19.5. The van der Waals surface area contributed by atoms with Gasteiger partial charge in [0, 0.05) is 18.7 Å². The number of amides is 1. The van der Waals surface area contributed by atoms with Crippen LogP contribution in [0.3, 0.4) is 0 Å². The van der Waals surface area contributed by atoms with E-state index in [2.05, 4.69) is 71.7 Å². The van der Waals surface area contributed by atoms with Crippen molar-refractivity contribution in [1.82, 2.24) is 10.2 Å². The lowest BCUT2D eigenvalue weighted by Gasteiger charge is -2.32. The maximum atomic E-state index is 12.5. The summed E-state index contributed by atoms with van der Waals surface area (Å²) < 4.78 is 0. The van der Waals surface area contributed by atoms with E-state index in [0.717, 1.165) is 36.3 Å². The van der Waals surface area contributed by atoms with Gasteiger partial charge in [-0.1, -0.05) is 71.8 Å². The van der Waals surface area contributed by atoms with Gasteiger partial charge >= 0.3 is 0 Å². The molecule has 32 heavy (non-hydrogen) atoms. The van der Waals surface area contributed by atoms with Gasteiger partial charge in [-0.25, -0.2) is 0 Å². The largest absolute Gasteiger partial charge is 0.348 e. The average Bonchev–Trinajstić information content (AvgIpc) is 2.80. The number of hydrogen-bond acceptors (Lipinski definition) is 2. The summed E-state index contributed by atoms with van der Waals surface area (Å²) in [5.74, 6) is 0.621. The van der Waals surface area contributed by atoms with Crippen molar-refractivity contribution >= 4 is 5.91 Å². The molecule has 1 saturated heterocycles. The van der Waals surface area contributed by atoms with Gasteiger partial charge in [-0.3, -0.25) is 9.69 Å². The average molecular weight is 427 g/mol. The molecule has 1 aliphatic rings. The van der Waals surface area contributed by atoms with Crippen molar-refractivity contribution in [2.75, 3.05) is 13.1 Å². The Kier molecular flexibility index (Phi) is 7.06. The minimum Gasteiger partial charge on any atom is -0.348 e. The van der Waals surface area contributed by atoms with Crippen LogP contribution in [-0.2, 0) is 13.1 Å². The van der Waals surface area contributed by atoms with E-state index in [-0.39, 0.29) is 5.91 Å². The summed E-state index contributed by atoms with van der Waals surface area (Å²) in [5.41, 5.74) is 8.24. The molecule has 1 fully saturated rings. The Bertz CT molecular complexity index is 1050. The minimum atomic E-state index is -0.00692. The van der Waals surface area contributed by atoms with E-state index in [1.165, 1.54) is 35.1 Å². The molecule has 0 saturated carbocycles. The quantitative estimate of drug-likeness (QED) is 0.530. The van der Waals surface area contributed by atoms with Gasteiger partial charge in [0.2, 0.25) is 0 Å². The van der Waals surface area contributed by atoms with Gasteiger partial charge in [-0.05, 0) is 80.9 Å². The van der Waals surface area contributed by atoms with Crippen LogP contribution in [0, 0.1) is 20.8 Å². The number of carbonyl (C=O) groups excluding carboxylic acids is 1. The molecule has 1 amide bonds. The van der Waals surface area contributed by atoms with Crippen molar-refractivity contribution < 1.29 is 4.79 Å².